The molecular formula is C16H38ClNO2. The molecule has 0 amide bonds. The Labute approximate surface area is 132 Å². The zero-order valence-electron chi connectivity index (χ0n) is 13.7. The van der Waals surface area contributed by atoms with E-state index in [0.29, 0.717) is 0 Å². The molecule has 0 aromatic carbocycles. The first-order valence-corrected chi connectivity index (χ1v) is 7.90. The molecule has 0 aliphatic rings. The molecule has 0 fully saturated rings. The van der Waals surface area contributed by atoms with Gasteiger partial charge in [-0.25, -0.2) is 0 Å². The molecule has 5 N–H and O–H groups in total. The molecule has 0 atom stereocenters. The van der Waals surface area contributed by atoms with Crippen LogP contribution in [-0.2, 0) is 0 Å². The first-order valence-electron chi connectivity index (χ1n) is 7.90. The number of rotatable bonds is 13. The number of hydrogen-bond donors (Lipinski definition) is 3. The minimum atomic E-state index is 0. The molecule has 0 unspecified atom stereocenters. The van der Waals surface area contributed by atoms with Crippen LogP contribution in [0.5, 0.6) is 0 Å². The fourth-order valence-corrected chi connectivity index (χ4v) is 2.60. The van der Waals surface area contributed by atoms with Crippen LogP contribution in [0.4, 0.5) is 0 Å². The van der Waals surface area contributed by atoms with E-state index in [2.05, 4.69) is 13.8 Å². The Morgan fingerprint density at radius 2 is 1.10 bits per heavy atom. The molecule has 0 rings (SSSR count). The minimum Gasteiger partial charge on any atom is -0.396 e. The summed E-state index contributed by atoms with van der Waals surface area (Å²) in [5.41, 5.74) is 0.145. The summed E-state index contributed by atoms with van der Waals surface area (Å²) < 4.78 is 0. The zero-order valence-corrected chi connectivity index (χ0v) is 14.5. The summed E-state index contributed by atoms with van der Waals surface area (Å²) >= 11 is 0. The minimum absolute atomic E-state index is 0. The molecule has 0 radical (unpaired) electrons. The first kappa shape index (κ1) is 25.1. The predicted octanol–water partition coefficient (Wildman–Crippen LogP) is 4.87. The molecule has 0 aliphatic heterocycles. The molecular weight excluding hydrogens is 274 g/mol. The average Bonchev–Trinajstić information content (AvgIpc) is 2.33. The number of halogens is 1. The fourth-order valence-electron chi connectivity index (χ4n) is 2.60. The summed E-state index contributed by atoms with van der Waals surface area (Å²) in [6, 6.07) is 0. The Hall–Kier alpha value is 0.170. The van der Waals surface area contributed by atoms with Crippen LogP contribution in [0.15, 0.2) is 0 Å². The van der Waals surface area contributed by atoms with Gasteiger partial charge in [0, 0.05) is 13.2 Å². The van der Waals surface area contributed by atoms with E-state index in [9.17, 15) is 0 Å². The monoisotopic (exact) mass is 311 g/mol. The van der Waals surface area contributed by atoms with E-state index in [-0.39, 0.29) is 37.2 Å². The van der Waals surface area contributed by atoms with Gasteiger partial charge in [-0.3, -0.25) is 0 Å². The average molecular weight is 312 g/mol. The Balaban J connectivity index is -0.00000144. The number of aliphatic hydroxyl groups is 2. The van der Waals surface area contributed by atoms with Gasteiger partial charge >= 0.3 is 0 Å². The van der Waals surface area contributed by atoms with Gasteiger partial charge in [-0.2, -0.15) is 0 Å². The van der Waals surface area contributed by atoms with E-state index >= 15 is 0 Å². The Bertz CT molecular complexity index is 174. The molecule has 0 saturated heterocycles. The maximum absolute atomic E-state index is 9.07. The maximum Gasteiger partial charge on any atom is 0.0436 e. The van der Waals surface area contributed by atoms with Crippen molar-refractivity contribution in [3.8, 4) is 0 Å². The van der Waals surface area contributed by atoms with Gasteiger partial charge in [0.1, 0.15) is 0 Å². The quantitative estimate of drug-likeness (QED) is 0.425. The molecule has 0 aromatic rings. The third-order valence-electron chi connectivity index (χ3n) is 4.06. The van der Waals surface area contributed by atoms with E-state index in [0.717, 1.165) is 19.3 Å². The highest BCUT2D eigenvalue weighted by Crippen LogP contribution is 2.32. The summed E-state index contributed by atoms with van der Waals surface area (Å²) in [6.07, 6.45) is 13.5. The lowest BCUT2D eigenvalue weighted by Gasteiger charge is -2.28. The standard InChI is InChI=1S/C16H34O2.ClH.H3N/c1-3-4-5-6-7-8-9-10-11-16(2,12-14-17)13-15-18;;/h17-18H,3-15H2,1-2H3;1H;1H3. The van der Waals surface area contributed by atoms with Gasteiger partial charge in [0.25, 0.3) is 0 Å². The van der Waals surface area contributed by atoms with Gasteiger partial charge in [0.15, 0.2) is 0 Å². The largest absolute Gasteiger partial charge is 0.396 e. The van der Waals surface area contributed by atoms with Crippen LogP contribution in [-0.4, -0.2) is 23.4 Å². The van der Waals surface area contributed by atoms with Gasteiger partial charge in [0.05, 0.1) is 0 Å². The fraction of sp³-hybridized carbons (Fsp3) is 1.00. The zero-order chi connectivity index (χ0) is 13.7. The van der Waals surface area contributed by atoms with Crippen molar-refractivity contribution in [1.29, 1.82) is 0 Å². The molecule has 0 saturated carbocycles. The molecule has 0 bridgehead atoms. The van der Waals surface area contributed by atoms with E-state index < -0.39 is 0 Å². The Morgan fingerprint density at radius 3 is 1.50 bits per heavy atom. The third-order valence-corrected chi connectivity index (χ3v) is 4.06. The lowest BCUT2D eigenvalue weighted by atomic mass is 9.79. The topological polar surface area (TPSA) is 75.5 Å². The van der Waals surface area contributed by atoms with Crippen LogP contribution >= 0.6 is 12.4 Å². The Kier molecular flexibility index (Phi) is 21.7. The number of unbranched alkanes of at least 4 members (excludes halogenated alkanes) is 7. The molecule has 4 heteroatoms. The molecule has 3 nitrogen and oxygen atoms in total. The normalized spacial score (nSPS) is 10.8. The van der Waals surface area contributed by atoms with Crippen molar-refractivity contribution < 1.29 is 10.2 Å². The summed E-state index contributed by atoms with van der Waals surface area (Å²) in [7, 11) is 0. The second-order valence-electron chi connectivity index (χ2n) is 5.98. The SMILES string of the molecule is CCCCCCCCCCC(C)(CCO)CCO.Cl.N. The van der Waals surface area contributed by atoms with Gasteiger partial charge in [0.2, 0.25) is 0 Å². The highest BCUT2D eigenvalue weighted by Gasteiger charge is 2.22. The second kappa shape index (κ2) is 17.2. The summed E-state index contributed by atoms with van der Waals surface area (Å²) in [5.74, 6) is 0. The molecule has 0 aromatic heterocycles. The smallest absolute Gasteiger partial charge is 0.0436 e. The summed E-state index contributed by atoms with van der Waals surface area (Å²) in [6.45, 7) is 4.94. The van der Waals surface area contributed by atoms with E-state index in [1.807, 2.05) is 0 Å². The van der Waals surface area contributed by atoms with Crippen LogP contribution < -0.4 is 6.15 Å². The summed E-state index contributed by atoms with van der Waals surface area (Å²) in [4.78, 5) is 0. The Morgan fingerprint density at radius 1 is 0.700 bits per heavy atom. The van der Waals surface area contributed by atoms with Crippen LogP contribution in [0.3, 0.4) is 0 Å². The van der Waals surface area contributed by atoms with Crippen molar-refractivity contribution in [3.05, 3.63) is 0 Å². The van der Waals surface area contributed by atoms with Gasteiger partial charge in [-0.15, -0.1) is 12.4 Å². The van der Waals surface area contributed by atoms with E-state index in [1.165, 1.54) is 51.4 Å². The van der Waals surface area contributed by atoms with Crippen molar-refractivity contribution in [3.63, 3.8) is 0 Å². The van der Waals surface area contributed by atoms with Crippen molar-refractivity contribution in [2.75, 3.05) is 13.2 Å². The maximum atomic E-state index is 9.07. The van der Waals surface area contributed by atoms with Crippen LogP contribution in [0.25, 0.3) is 0 Å². The molecule has 126 valence electrons. The molecule has 0 aliphatic carbocycles. The lowest BCUT2D eigenvalue weighted by molar-refractivity contribution is 0.137. The first-order chi connectivity index (χ1) is 8.68. The van der Waals surface area contributed by atoms with E-state index in [4.69, 9.17) is 10.2 Å². The number of aliphatic hydroxyl groups excluding tert-OH is 2. The van der Waals surface area contributed by atoms with Crippen molar-refractivity contribution >= 4 is 12.4 Å². The lowest BCUT2D eigenvalue weighted by Crippen LogP contribution is -2.19. The van der Waals surface area contributed by atoms with Crippen molar-refractivity contribution in [2.24, 2.45) is 5.41 Å². The van der Waals surface area contributed by atoms with E-state index in [1.54, 1.807) is 0 Å². The molecule has 0 heterocycles. The van der Waals surface area contributed by atoms with Gasteiger partial charge in [-0.05, 0) is 24.7 Å². The van der Waals surface area contributed by atoms with Crippen molar-refractivity contribution in [2.45, 2.75) is 84.5 Å². The van der Waals surface area contributed by atoms with Crippen molar-refractivity contribution in [1.82, 2.24) is 6.15 Å². The van der Waals surface area contributed by atoms with Crippen LogP contribution in [0.2, 0.25) is 0 Å². The highest BCUT2D eigenvalue weighted by atomic mass is 35.5. The van der Waals surface area contributed by atoms with Gasteiger partial charge < -0.3 is 16.4 Å². The van der Waals surface area contributed by atoms with Crippen LogP contribution in [0.1, 0.15) is 84.5 Å². The molecule has 0 spiro atoms. The second-order valence-corrected chi connectivity index (χ2v) is 5.98. The number of hydrogen-bond acceptors (Lipinski definition) is 3. The van der Waals surface area contributed by atoms with Gasteiger partial charge in [-0.1, -0.05) is 65.2 Å². The summed E-state index contributed by atoms with van der Waals surface area (Å²) in [5, 5.41) is 18.1. The highest BCUT2D eigenvalue weighted by molar-refractivity contribution is 5.85. The third kappa shape index (κ3) is 14.6. The van der Waals surface area contributed by atoms with Crippen LogP contribution in [0, 0.1) is 5.41 Å². The predicted molar refractivity (Wildman–Crippen MR) is 91.0 cm³/mol. The molecule has 20 heavy (non-hydrogen) atoms.